The van der Waals surface area contributed by atoms with Gasteiger partial charge in [0, 0.05) is 37.8 Å². The molecule has 0 amide bonds. The van der Waals surface area contributed by atoms with Gasteiger partial charge in [-0.15, -0.1) is 0 Å². The molecule has 3 aromatic rings. The van der Waals surface area contributed by atoms with Crippen LogP contribution < -0.4 is 10.2 Å². The molecule has 0 radical (unpaired) electrons. The first kappa shape index (κ1) is 18.1. The molecule has 3 heterocycles. The Hall–Kier alpha value is -3.33. The van der Waals surface area contributed by atoms with Gasteiger partial charge in [0.2, 0.25) is 11.6 Å². The Balaban J connectivity index is 1.71. The van der Waals surface area contributed by atoms with Crippen LogP contribution in [0, 0.1) is 10.1 Å². The summed E-state index contributed by atoms with van der Waals surface area (Å²) in [6.45, 7) is 6.19. The lowest BCUT2D eigenvalue weighted by Crippen LogP contribution is -2.46. The van der Waals surface area contributed by atoms with E-state index >= 15 is 0 Å². The third kappa shape index (κ3) is 3.44. The summed E-state index contributed by atoms with van der Waals surface area (Å²) in [5, 5.41) is 15.9. The fourth-order valence-electron chi connectivity index (χ4n) is 3.47. The summed E-state index contributed by atoms with van der Waals surface area (Å²) >= 11 is 0. The van der Waals surface area contributed by atoms with Crippen molar-refractivity contribution in [1.29, 1.82) is 0 Å². The zero-order valence-electron chi connectivity index (χ0n) is 15.6. The molecule has 9 nitrogen and oxygen atoms in total. The van der Waals surface area contributed by atoms with E-state index in [4.69, 9.17) is 0 Å². The number of rotatable bonds is 5. The third-order valence-electron chi connectivity index (χ3n) is 4.99. The van der Waals surface area contributed by atoms with Crippen molar-refractivity contribution in [2.75, 3.05) is 42.9 Å². The quantitative estimate of drug-likeness (QED) is 0.533. The minimum absolute atomic E-state index is 0.111. The molecule has 0 aliphatic carbocycles. The number of para-hydroxylation sites is 1. The monoisotopic (exact) mass is 379 g/mol. The highest BCUT2D eigenvalue weighted by Crippen LogP contribution is 2.35. The van der Waals surface area contributed by atoms with Gasteiger partial charge in [0.15, 0.2) is 0 Å². The number of hydrogen-bond donors (Lipinski definition) is 1. The van der Waals surface area contributed by atoms with Crippen molar-refractivity contribution in [1.82, 2.24) is 19.9 Å². The number of benzene rings is 1. The van der Waals surface area contributed by atoms with Crippen LogP contribution in [-0.2, 0) is 0 Å². The fourth-order valence-corrected chi connectivity index (χ4v) is 3.47. The fraction of sp³-hybridized carbons (Fsp3) is 0.316. The van der Waals surface area contributed by atoms with Gasteiger partial charge in [0.05, 0.1) is 16.1 Å². The van der Waals surface area contributed by atoms with Crippen LogP contribution in [0.3, 0.4) is 0 Å². The minimum Gasteiger partial charge on any atom is -0.348 e. The average molecular weight is 379 g/mol. The Kier molecular flexibility index (Phi) is 4.98. The Morgan fingerprint density at radius 3 is 2.64 bits per heavy atom. The van der Waals surface area contributed by atoms with Gasteiger partial charge < -0.3 is 15.1 Å². The number of fused-ring (bicyclic) bond motifs is 1. The third-order valence-corrected chi connectivity index (χ3v) is 4.99. The number of nitro groups is 1. The maximum Gasteiger partial charge on any atom is 0.353 e. The van der Waals surface area contributed by atoms with Crippen LogP contribution >= 0.6 is 0 Å². The first-order valence-electron chi connectivity index (χ1n) is 9.25. The molecule has 0 spiro atoms. The predicted octanol–water partition coefficient (Wildman–Crippen LogP) is 2.82. The number of piperazine rings is 1. The van der Waals surface area contributed by atoms with Crippen LogP contribution in [0.1, 0.15) is 6.92 Å². The van der Waals surface area contributed by atoms with Crippen molar-refractivity contribution < 1.29 is 4.92 Å². The highest BCUT2D eigenvalue weighted by molar-refractivity contribution is 5.92. The second-order valence-electron chi connectivity index (χ2n) is 6.58. The van der Waals surface area contributed by atoms with E-state index in [9.17, 15) is 10.1 Å². The maximum absolute atomic E-state index is 11.9. The second kappa shape index (κ2) is 7.73. The Bertz CT molecular complexity index is 997. The molecular weight excluding hydrogens is 358 g/mol. The molecule has 28 heavy (non-hydrogen) atoms. The number of nitrogens with zero attached hydrogens (tertiary/aromatic N) is 6. The van der Waals surface area contributed by atoms with Gasteiger partial charge in [-0.3, -0.25) is 15.1 Å². The number of pyridine rings is 1. The molecule has 9 heteroatoms. The maximum atomic E-state index is 11.9. The van der Waals surface area contributed by atoms with Gasteiger partial charge in [0.1, 0.15) is 6.33 Å². The number of anilines is 3. The van der Waals surface area contributed by atoms with Crippen LogP contribution in [0.5, 0.6) is 0 Å². The molecule has 144 valence electrons. The van der Waals surface area contributed by atoms with Gasteiger partial charge in [-0.2, -0.15) is 0 Å². The molecule has 2 aromatic heterocycles. The van der Waals surface area contributed by atoms with E-state index in [0.717, 1.165) is 30.5 Å². The zero-order valence-corrected chi connectivity index (χ0v) is 15.6. The smallest absolute Gasteiger partial charge is 0.348 e. The van der Waals surface area contributed by atoms with Gasteiger partial charge >= 0.3 is 5.69 Å². The first-order valence-corrected chi connectivity index (χ1v) is 9.25. The lowest BCUT2D eigenvalue weighted by molar-refractivity contribution is -0.383. The van der Waals surface area contributed by atoms with Gasteiger partial charge in [-0.1, -0.05) is 25.1 Å². The van der Waals surface area contributed by atoms with Gasteiger partial charge in [-0.25, -0.2) is 9.97 Å². The van der Waals surface area contributed by atoms with Crippen molar-refractivity contribution in [2.45, 2.75) is 6.92 Å². The molecular formula is C19H21N7O2. The normalized spacial score (nSPS) is 15.0. The largest absolute Gasteiger partial charge is 0.353 e. The minimum atomic E-state index is -0.414. The summed E-state index contributed by atoms with van der Waals surface area (Å²) in [5.41, 5.74) is 1.29. The molecule has 0 unspecified atom stereocenters. The molecule has 1 N–H and O–H groups in total. The molecule has 0 saturated carbocycles. The van der Waals surface area contributed by atoms with Crippen molar-refractivity contribution in [3.63, 3.8) is 0 Å². The summed E-state index contributed by atoms with van der Waals surface area (Å²) in [7, 11) is 0. The predicted molar refractivity (Wildman–Crippen MR) is 108 cm³/mol. The van der Waals surface area contributed by atoms with E-state index in [2.05, 4.69) is 32.1 Å². The lowest BCUT2D eigenvalue weighted by Gasteiger charge is -2.34. The van der Waals surface area contributed by atoms with E-state index in [1.807, 2.05) is 35.2 Å². The van der Waals surface area contributed by atoms with E-state index in [-0.39, 0.29) is 11.5 Å². The van der Waals surface area contributed by atoms with Crippen molar-refractivity contribution >= 4 is 33.9 Å². The van der Waals surface area contributed by atoms with E-state index in [1.54, 1.807) is 6.20 Å². The van der Waals surface area contributed by atoms with E-state index in [1.165, 1.54) is 6.33 Å². The van der Waals surface area contributed by atoms with Crippen molar-refractivity contribution in [3.05, 3.63) is 53.0 Å². The average Bonchev–Trinajstić information content (AvgIpc) is 2.74. The summed E-state index contributed by atoms with van der Waals surface area (Å²) in [5.74, 6) is 0.525. The van der Waals surface area contributed by atoms with E-state index < -0.39 is 4.92 Å². The summed E-state index contributed by atoms with van der Waals surface area (Å²) in [6.07, 6.45) is 3.07. The molecule has 1 saturated heterocycles. The number of hydrogen-bond acceptors (Lipinski definition) is 8. The topological polar surface area (TPSA) is 100 Å². The van der Waals surface area contributed by atoms with Crippen LogP contribution in [0.4, 0.5) is 23.0 Å². The lowest BCUT2D eigenvalue weighted by atomic mass is 10.2. The summed E-state index contributed by atoms with van der Waals surface area (Å²) in [6, 6.07) is 9.46. The van der Waals surface area contributed by atoms with Crippen LogP contribution in [-0.4, -0.2) is 57.5 Å². The Morgan fingerprint density at radius 1 is 1.11 bits per heavy atom. The van der Waals surface area contributed by atoms with E-state index in [0.29, 0.717) is 24.6 Å². The van der Waals surface area contributed by atoms with Crippen LogP contribution in [0.15, 0.2) is 42.9 Å². The number of aromatic nitrogens is 3. The molecule has 0 bridgehead atoms. The number of likely N-dealkylation sites (N-methyl/N-ethyl adjacent to an activating group) is 1. The van der Waals surface area contributed by atoms with Gasteiger partial charge in [0.25, 0.3) is 0 Å². The standard InChI is InChI=1S/C19H21N7O2/c1-2-24-9-11-25(12-10-24)19-17(26(27)28)18(21-13-22-19)23-15-7-3-5-14-6-4-8-20-16(14)15/h3-8,13H,2,9-12H2,1H3,(H,21,22,23). The molecule has 4 rings (SSSR count). The number of nitrogens with one attached hydrogen (secondary N) is 1. The highest BCUT2D eigenvalue weighted by atomic mass is 16.6. The molecule has 1 aliphatic heterocycles. The molecule has 1 aromatic carbocycles. The van der Waals surface area contributed by atoms with Crippen LogP contribution in [0.2, 0.25) is 0 Å². The molecule has 1 aliphatic rings. The zero-order chi connectivity index (χ0) is 19.5. The molecule has 1 fully saturated rings. The van der Waals surface area contributed by atoms with Gasteiger partial charge in [-0.05, 0) is 18.7 Å². The summed E-state index contributed by atoms with van der Waals surface area (Å²) < 4.78 is 0. The Morgan fingerprint density at radius 2 is 1.89 bits per heavy atom. The Labute approximate surface area is 162 Å². The van der Waals surface area contributed by atoms with Crippen LogP contribution in [0.25, 0.3) is 10.9 Å². The molecule has 0 atom stereocenters. The first-order chi connectivity index (χ1) is 13.7. The van der Waals surface area contributed by atoms with Crippen molar-refractivity contribution in [3.8, 4) is 0 Å². The second-order valence-corrected chi connectivity index (χ2v) is 6.58. The highest BCUT2D eigenvalue weighted by Gasteiger charge is 2.29. The SMILES string of the molecule is CCN1CCN(c2ncnc(Nc3cccc4cccnc34)c2[N+](=O)[O-])CC1. The summed E-state index contributed by atoms with van der Waals surface area (Å²) in [4.78, 5) is 28.5. The van der Waals surface area contributed by atoms with Crippen molar-refractivity contribution in [2.24, 2.45) is 0 Å².